The van der Waals surface area contributed by atoms with E-state index in [0.717, 1.165) is 28.2 Å². The van der Waals surface area contributed by atoms with Gasteiger partial charge in [-0.25, -0.2) is 14.1 Å². The van der Waals surface area contributed by atoms with Crippen molar-refractivity contribution in [2.75, 3.05) is 25.6 Å². The Morgan fingerprint density at radius 2 is 1.89 bits per heavy atom. The minimum absolute atomic E-state index is 0.248. The van der Waals surface area contributed by atoms with Gasteiger partial charge in [0.25, 0.3) is 0 Å². The number of anilines is 1. The Kier molecular flexibility index (Phi) is 5.03. The van der Waals surface area contributed by atoms with Crippen LogP contribution in [-0.2, 0) is 16.1 Å². The number of nitrogens with one attached hydrogen (secondary N) is 1. The molecule has 2 aromatic heterocycles. The highest BCUT2D eigenvalue weighted by atomic mass is 19.1. The number of ether oxygens (including phenoxy) is 1. The summed E-state index contributed by atoms with van der Waals surface area (Å²) in [6.07, 6.45) is 3.75. The van der Waals surface area contributed by atoms with Crippen LogP contribution in [0.2, 0.25) is 0 Å². The molecule has 144 valence electrons. The van der Waals surface area contributed by atoms with E-state index >= 15 is 0 Å². The van der Waals surface area contributed by atoms with Crippen molar-refractivity contribution in [1.29, 1.82) is 0 Å². The lowest BCUT2D eigenvalue weighted by Crippen LogP contribution is -2.40. The summed E-state index contributed by atoms with van der Waals surface area (Å²) in [5.74, 6) is 0.300. The third-order valence-electron chi connectivity index (χ3n) is 4.70. The zero-order chi connectivity index (χ0) is 19.5. The minimum Gasteiger partial charge on any atom is -0.469 e. The van der Waals surface area contributed by atoms with Gasteiger partial charge in [0.05, 0.1) is 25.6 Å². The van der Waals surface area contributed by atoms with E-state index < -0.39 is 0 Å². The molecule has 3 heterocycles. The van der Waals surface area contributed by atoms with Gasteiger partial charge in [0.1, 0.15) is 17.3 Å². The molecule has 1 aromatic carbocycles. The van der Waals surface area contributed by atoms with Crippen molar-refractivity contribution in [1.82, 2.24) is 19.8 Å². The van der Waals surface area contributed by atoms with Crippen molar-refractivity contribution < 1.29 is 13.9 Å². The van der Waals surface area contributed by atoms with Crippen LogP contribution < -0.4 is 5.43 Å². The number of fused-ring (bicyclic) bond motifs is 1. The lowest BCUT2D eigenvalue weighted by molar-refractivity contribution is -0.140. The third kappa shape index (κ3) is 3.59. The normalized spacial score (nSPS) is 13.6. The van der Waals surface area contributed by atoms with Crippen LogP contribution in [-0.4, -0.2) is 45.9 Å². The van der Waals surface area contributed by atoms with Crippen LogP contribution >= 0.6 is 0 Å². The van der Waals surface area contributed by atoms with Gasteiger partial charge in [-0.3, -0.25) is 9.78 Å². The number of carbonyl (C=O) groups is 1. The van der Waals surface area contributed by atoms with Crippen LogP contribution in [0.25, 0.3) is 22.4 Å². The molecular formula is C20H20FN5O2. The highest BCUT2D eigenvalue weighted by Gasteiger charge is 2.25. The molecule has 3 aromatic rings. The average molecular weight is 381 g/mol. The highest BCUT2D eigenvalue weighted by molar-refractivity contribution is 5.89. The third-order valence-corrected chi connectivity index (χ3v) is 4.70. The Hall–Kier alpha value is -3.26. The summed E-state index contributed by atoms with van der Waals surface area (Å²) in [7, 11) is 1.39. The fourth-order valence-electron chi connectivity index (χ4n) is 3.26. The van der Waals surface area contributed by atoms with Crippen LogP contribution in [0.3, 0.4) is 0 Å². The number of methoxy groups -OCH3 is 1. The number of pyridine rings is 1. The fourth-order valence-corrected chi connectivity index (χ4v) is 3.26. The van der Waals surface area contributed by atoms with Gasteiger partial charge in [-0.05, 0) is 42.0 Å². The molecule has 0 saturated carbocycles. The molecule has 0 atom stereocenters. The van der Waals surface area contributed by atoms with Crippen LogP contribution in [0.1, 0.15) is 6.42 Å². The molecule has 28 heavy (non-hydrogen) atoms. The van der Waals surface area contributed by atoms with E-state index in [-0.39, 0.29) is 11.8 Å². The lowest BCUT2D eigenvalue weighted by Gasteiger charge is -2.29. The van der Waals surface area contributed by atoms with E-state index in [0.29, 0.717) is 26.1 Å². The maximum atomic E-state index is 13.4. The summed E-state index contributed by atoms with van der Waals surface area (Å²) < 4.78 is 20.0. The second kappa shape index (κ2) is 7.77. The molecule has 1 N–H and O–H groups in total. The highest BCUT2D eigenvalue weighted by Crippen LogP contribution is 2.38. The van der Waals surface area contributed by atoms with Gasteiger partial charge >= 0.3 is 5.97 Å². The standard InChI is InChI=1S/C20H20FN5O2/c1-28-17(27)8-11-25-12-13-26-20(24-25)18(14-6-9-22-10-7-14)19(23-26)15-2-4-16(21)5-3-15/h2-7,9-10,24H,8,11-13H2,1H3. The molecule has 0 bridgehead atoms. The average Bonchev–Trinajstić information content (AvgIpc) is 3.11. The van der Waals surface area contributed by atoms with E-state index in [1.807, 2.05) is 21.8 Å². The minimum atomic E-state index is -0.287. The zero-order valence-electron chi connectivity index (χ0n) is 15.4. The topological polar surface area (TPSA) is 72.3 Å². The second-order valence-electron chi connectivity index (χ2n) is 6.46. The second-order valence-corrected chi connectivity index (χ2v) is 6.46. The summed E-state index contributed by atoms with van der Waals surface area (Å²) in [5.41, 5.74) is 6.85. The van der Waals surface area contributed by atoms with Crippen molar-refractivity contribution in [2.24, 2.45) is 0 Å². The molecule has 0 unspecified atom stereocenters. The molecule has 0 radical (unpaired) electrons. The molecular weight excluding hydrogens is 361 g/mol. The fraction of sp³-hybridized carbons (Fsp3) is 0.250. The number of hydrazine groups is 1. The first-order valence-corrected chi connectivity index (χ1v) is 9.01. The molecule has 7 nitrogen and oxygen atoms in total. The van der Waals surface area contributed by atoms with E-state index in [4.69, 9.17) is 9.84 Å². The quantitative estimate of drug-likeness (QED) is 0.685. The number of halogens is 1. The van der Waals surface area contributed by atoms with Gasteiger partial charge in [0, 0.05) is 31.0 Å². The van der Waals surface area contributed by atoms with Crippen LogP contribution in [0.4, 0.5) is 10.2 Å². The maximum Gasteiger partial charge on any atom is 0.306 e. The summed E-state index contributed by atoms with van der Waals surface area (Å²) in [4.78, 5) is 15.6. The summed E-state index contributed by atoms with van der Waals surface area (Å²) in [5, 5.41) is 6.75. The Labute approximate surface area is 161 Å². The molecule has 1 aliphatic heterocycles. The van der Waals surface area contributed by atoms with Gasteiger partial charge < -0.3 is 10.2 Å². The Balaban J connectivity index is 1.73. The number of hydrogen-bond donors (Lipinski definition) is 1. The number of benzene rings is 1. The van der Waals surface area contributed by atoms with E-state index in [9.17, 15) is 9.18 Å². The first-order chi connectivity index (χ1) is 13.7. The van der Waals surface area contributed by atoms with Gasteiger partial charge in [-0.15, -0.1) is 0 Å². The van der Waals surface area contributed by atoms with Crippen LogP contribution in [0.5, 0.6) is 0 Å². The van der Waals surface area contributed by atoms with E-state index in [1.165, 1.54) is 19.2 Å². The summed E-state index contributed by atoms with van der Waals surface area (Å²) >= 11 is 0. The number of aromatic nitrogens is 3. The van der Waals surface area contributed by atoms with Gasteiger partial charge in [0.15, 0.2) is 0 Å². The molecule has 1 aliphatic rings. The first kappa shape index (κ1) is 18.1. The van der Waals surface area contributed by atoms with Crippen LogP contribution in [0.15, 0.2) is 48.8 Å². The number of esters is 1. The molecule has 8 heteroatoms. The van der Waals surface area contributed by atoms with Crippen molar-refractivity contribution in [3.63, 3.8) is 0 Å². The smallest absolute Gasteiger partial charge is 0.306 e. The maximum absolute atomic E-state index is 13.4. The van der Waals surface area contributed by atoms with Crippen LogP contribution in [0, 0.1) is 5.82 Å². The van der Waals surface area contributed by atoms with E-state index in [1.54, 1.807) is 24.5 Å². The first-order valence-electron chi connectivity index (χ1n) is 9.01. The Morgan fingerprint density at radius 1 is 1.14 bits per heavy atom. The predicted molar refractivity (Wildman–Crippen MR) is 103 cm³/mol. The van der Waals surface area contributed by atoms with Crippen molar-refractivity contribution in [3.8, 4) is 22.4 Å². The number of hydrogen-bond acceptors (Lipinski definition) is 6. The molecule has 0 amide bonds. The summed E-state index contributed by atoms with van der Waals surface area (Å²) in [6.45, 7) is 1.90. The number of nitrogens with zero attached hydrogens (tertiary/aromatic N) is 4. The van der Waals surface area contributed by atoms with E-state index in [2.05, 4.69) is 10.4 Å². The van der Waals surface area contributed by atoms with Gasteiger partial charge in [-0.1, -0.05) is 0 Å². The SMILES string of the molecule is COC(=O)CCN1CCn2nc(-c3ccc(F)cc3)c(-c3ccncc3)c2N1. The van der Waals surface area contributed by atoms with Gasteiger partial charge in [-0.2, -0.15) is 5.10 Å². The Morgan fingerprint density at radius 3 is 2.61 bits per heavy atom. The lowest BCUT2D eigenvalue weighted by atomic mass is 10.0. The van der Waals surface area contributed by atoms with Crippen molar-refractivity contribution in [2.45, 2.75) is 13.0 Å². The predicted octanol–water partition coefficient (Wildman–Crippen LogP) is 2.96. The zero-order valence-corrected chi connectivity index (χ0v) is 15.4. The van der Waals surface area contributed by atoms with Crippen molar-refractivity contribution >= 4 is 11.8 Å². The van der Waals surface area contributed by atoms with Gasteiger partial charge in [0.2, 0.25) is 0 Å². The number of carbonyl (C=O) groups excluding carboxylic acids is 1. The molecule has 0 aliphatic carbocycles. The number of rotatable bonds is 5. The molecule has 0 saturated heterocycles. The monoisotopic (exact) mass is 381 g/mol. The molecule has 0 fully saturated rings. The summed E-state index contributed by atoms with van der Waals surface area (Å²) in [6, 6.07) is 10.1. The molecule has 0 spiro atoms. The molecule has 4 rings (SSSR count). The largest absolute Gasteiger partial charge is 0.469 e. The van der Waals surface area contributed by atoms with Crippen molar-refractivity contribution in [3.05, 3.63) is 54.6 Å². The Bertz CT molecular complexity index is 972.